The van der Waals surface area contributed by atoms with Gasteiger partial charge in [-0.25, -0.2) is 5.43 Å². The maximum absolute atomic E-state index is 12.6. The molecule has 2 aromatic rings. The Bertz CT molecular complexity index is 815. The van der Waals surface area contributed by atoms with Crippen LogP contribution in [0.15, 0.2) is 53.6 Å². The third-order valence-electron chi connectivity index (χ3n) is 4.09. The number of rotatable bonds is 8. The normalized spacial score (nSPS) is 11.9. The number of hydrogen-bond acceptors (Lipinski definition) is 5. The summed E-state index contributed by atoms with van der Waals surface area (Å²) in [6, 6.07) is 14.1. The maximum atomic E-state index is 12.6. The number of anilines is 1. The minimum absolute atomic E-state index is 0.200. The lowest BCUT2D eigenvalue weighted by Crippen LogP contribution is -2.39. The first kappa shape index (κ1) is 21.0. The lowest BCUT2D eigenvalue weighted by Gasteiger charge is -2.18. The second kappa shape index (κ2) is 10.1. The number of benzene rings is 2. The Morgan fingerprint density at radius 2 is 1.43 bits per heavy atom. The van der Waals surface area contributed by atoms with Crippen LogP contribution in [0.3, 0.4) is 0 Å². The number of hydrogen-bond donors (Lipinski definition) is 2. The number of nitrogens with zero attached hydrogens (tertiary/aromatic N) is 1. The molecule has 0 aliphatic rings. The molecule has 2 N–H and O–H groups in total. The van der Waals surface area contributed by atoms with E-state index < -0.39 is 17.7 Å². The van der Waals surface area contributed by atoms with E-state index in [0.29, 0.717) is 11.4 Å². The molecule has 2 amide bonds. The highest BCUT2D eigenvalue weighted by molar-refractivity contribution is 6.06. The first-order valence-electron chi connectivity index (χ1n) is 8.86. The van der Waals surface area contributed by atoms with Crippen molar-refractivity contribution in [2.24, 2.45) is 16.9 Å². The summed E-state index contributed by atoms with van der Waals surface area (Å²) in [6.45, 7) is 3.62. The van der Waals surface area contributed by atoms with Crippen LogP contribution in [0.1, 0.15) is 19.4 Å². The zero-order valence-corrected chi connectivity index (χ0v) is 16.4. The van der Waals surface area contributed by atoms with Crippen LogP contribution >= 0.6 is 0 Å². The first-order chi connectivity index (χ1) is 13.4. The number of carbonyl (C=O) groups is 2. The predicted octanol–water partition coefficient (Wildman–Crippen LogP) is 3.06. The van der Waals surface area contributed by atoms with Crippen molar-refractivity contribution in [2.45, 2.75) is 13.8 Å². The van der Waals surface area contributed by atoms with Crippen molar-refractivity contribution in [3.8, 4) is 11.5 Å². The largest absolute Gasteiger partial charge is 0.497 e. The number of methoxy groups -OCH3 is 2. The van der Waals surface area contributed by atoms with Gasteiger partial charge < -0.3 is 14.8 Å². The van der Waals surface area contributed by atoms with Crippen LogP contribution in [0.5, 0.6) is 11.5 Å². The fraction of sp³-hybridized carbons (Fsp3) is 0.286. The smallest absolute Gasteiger partial charge is 0.252 e. The van der Waals surface area contributed by atoms with Crippen molar-refractivity contribution < 1.29 is 19.1 Å². The van der Waals surface area contributed by atoms with Gasteiger partial charge >= 0.3 is 0 Å². The molecular weight excluding hydrogens is 358 g/mol. The molecule has 1 unspecified atom stereocenters. The molecule has 0 fully saturated rings. The van der Waals surface area contributed by atoms with Gasteiger partial charge in [0.2, 0.25) is 5.91 Å². The SMILES string of the molecule is COc1ccc(C=NNC(=O)C(C(=O)Nc2ccc(OC)cc2)C(C)C)cc1. The average molecular weight is 383 g/mol. The Morgan fingerprint density at radius 1 is 0.893 bits per heavy atom. The summed E-state index contributed by atoms with van der Waals surface area (Å²) in [5, 5.41) is 6.71. The van der Waals surface area contributed by atoms with Crippen molar-refractivity contribution in [2.75, 3.05) is 19.5 Å². The van der Waals surface area contributed by atoms with E-state index in [9.17, 15) is 9.59 Å². The lowest BCUT2D eigenvalue weighted by molar-refractivity contribution is -0.134. The van der Waals surface area contributed by atoms with E-state index in [1.807, 2.05) is 26.0 Å². The second-order valence-electron chi connectivity index (χ2n) is 6.45. The fourth-order valence-corrected chi connectivity index (χ4v) is 2.55. The number of ether oxygens (including phenoxy) is 2. The molecule has 7 nitrogen and oxygen atoms in total. The highest BCUT2D eigenvalue weighted by atomic mass is 16.5. The number of carbonyl (C=O) groups excluding carboxylic acids is 2. The van der Waals surface area contributed by atoms with Crippen molar-refractivity contribution in [3.63, 3.8) is 0 Å². The van der Waals surface area contributed by atoms with E-state index in [4.69, 9.17) is 9.47 Å². The Kier molecular flexibility index (Phi) is 7.56. The van der Waals surface area contributed by atoms with E-state index in [0.717, 1.165) is 11.3 Å². The Morgan fingerprint density at radius 3 is 1.93 bits per heavy atom. The van der Waals surface area contributed by atoms with Gasteiger partial charge in [-0.2, -0.15) is 5.10 Å². The number of amides is 2. The molecule has 0 aliphatic carbocycles. The van der Waals surface area contributed by atoms with Crippen LogP contribution in [0, 0.1) is 11.8 Å². The Labute approximate surface area is 164 Å². The lowest BCUT2D eigenvalue weighted by atomic mass is 9.94. The van der Waals surface area contributed by atoms with Gasteiger partial charge in [0.15, 0.2) is 0 Å². The zero-order chi connectivity index (χ0) is 20.5. The van der Waals surface area contributed by atoms with Gasteiger partial charge in [-0.3, -0.25) is 9.59 Å². The summed E-state index contributed by atoms with van der Waals surface area (Å²) >= 11 is 0. The number of hydrazone groups is 1. The minimum Gasteiger partial charge on any atom is -0.497 e. The third-order valence-corrected chi connectivity index (χ3v) is 4.09. The van der Waals surface area contributed by atoms with E-state index >= 15 is 0 Å². The van der Waals surface area contributed by atoms with Crippen LogP contribution in [-0.4, -0.2) is 32.2 Å². The Balaban J connectivity index is 1.99. The van der Waals surface area contributed by atoms with Crippen LogP contribution in [0.2, 0.25) is 0 Å². The highest BCUT2D eigenvalue weighted by Crippen LogP contribution is 2.18. The summed E-state index contributed by atoms with van der Waals surface area (Å²) in [5.74, 6) is -0.520. The molecule has 0 saturated carbocycles. The van der Waals surface area contributed by atoms with E-state index in [1.165, 1.54) is 6.21 Å². The molecule has 0 aromatic heterocycles. The van der Waals surface area contributed by atoms with E-state index in [1.54, 1.807) is 50.6 Å². The van der Waals surface area contributed by atoms with E-state index in [2.05, 4.69) is 15.8 Å². The molecule has 0 aliphatic heterocycles. The first-order valence-corrected chi connectivity index (χ1v) is 8.86. The van der Waals surface area contributed by atoms with Gasteiger partial charge in [-0.15, -0.1) is 0 Å². The van der Waals surface area contributed by atoms with Crippen LogP contribution in [0.25, 0.3) is 0 Å². The van der Waals surface area contributed by atoms with Crippen molar-refractivity contribution in [1.82, 2.24) is 5.43 Å². The molecule has 0 bridgehead atoms. The zero-order valence-electron chi connectivity index (χ0n) is 16.4. The molecule has 7 heteroatoms. The minimum atomic E-state index is -0.880. The summed E-state index contributed by atoms with van der Waals surface area (Å²) in [6.07, 6.45) is 1.51. The second-order valence-corrected chi connectivity index (χ2v) is 6.45. The quantitative estimate of drug-likeness (QED) is 0.417. The van der Waals surface area contributed by atoms with Gasteiger partial charge in [0, 0.05) is 5.69 Å². The highest BCUT2D eigenvalue weighted by Gasteiger charge is 2.29. The fourth-order valence-electron chi connectivity index (χ4n) is 2.55. The van der Waals surface area contributed by atoms with Gasteiger partial charge in [0.25, 0.3) is 5.91 Å². The van der Waals surface area contributed by atoms with Crippen LogP contribution in [0.4, 0.5) is 5.69 Å². The molecule has 0 heterocycles. The third kappa shape index (κ3) is 5.84. The molecular formula is C21H25N3O4. The van der Waals surface area contributed by atoms with Crippen LogP contribution in [-0.2, 0) is 9.59 Å². The Hall–Kier alpha value is -3.35. The predicted molar refractivity (Wildman–Crippen MR) is 109 cm³/mol. The molecule has 2 rings (SSSR count). The molecule has 2 aromatic carbocycles. The standard InChI is InChI=1S/C21H25N3O4/c1-14(2)19(20(25)23-16-7-11-18(28-4)12-8-16)21(26)24-22-13-15-5-9-17(27-3)10-6-15/h5-14,19H,1-4H3,(H,23,25)(H,24,26). The molecule has 28 heavy (non-hydrogen) atoms. The van der Waals surface area contributed by atoms with Gasteiger partial charge in [-0.05, 0) is 60.0 Å². The molecule has 0 spiro atoms. The maximum Gasteiger partial charge on any atom is 0.252 e. The van der Waals surface area contributed by atoms with E-state index in [-0.39, 0.29) is 5.92 Å². The van der Waals surface area contributed by atoms with Gasteiger partial charge in [0.1, 0.15) is 17.4 Å². The molecule has 0 radical (unpaired) electrons. The molecule has 0 saturated heterocycles. The van der Waals surface area contributed by atoms with Gasteiger partial charge in [-0.1, -0.05) is 13.8 Å². The summed E-state index contributed by atoms with van der Waals surface area (Å²) < 4.78 is 10.2. The molecule has 1 atom stereocenters. The monoisotopic (exact) mass is 383 g/mol. The van der Waals surface area contributed by atoms with Gasteiger partial charge in [0.05, 0.1) is 20.4 Å². The van der Waals surface area contributed by atoms with Crippen LogP contribution < -0.4 is 20.2 Å². The summed E-state index contributed by atoms with van der Waals surface area (Å²) in [7, 11) is 3.16. The topological polar surface area (TPSA) is 89.0 Å². The summed E-state index contributed by atoms with van der Waals surface area (Å²) in [4.78, 5) is 25.1. The average Bonchev–Trinajstić information content (AvgIpc) is 2.69. The number of nitrogens with one attached hydrogen (secondary N) is 2. The summed E-state index contributed by atoms with van der Waals surface area (Å²) in [5.41, 5.74) is 3.83. The van der Waals surface area contributed by atoms with Crippen molar-refractivity contribution >= 4 is 23.7 Å². The van der Waals surface area contributed by atoms with Crippen molar-refractivity contribution in [3.05, 3.63) is 54.1 Å². The van der Waals surface area contributed by atoms with Crippen molar-refractivity contribution in [1.29, 1.82) is 0 Å². The molecule has 148 valence electrons.